The Labute approximate surface area is 198 Å². The molecule has 0 bridgehead atoms. The lowest BCUT2D eigenvalue weighted by molar-refractivity contribution is -0.384. The van der Waals surface area contributed by atoms with Crippen LogP contribution in [0.25, 0.3) is 0 Å². The zero-order chi connectivity index (χ0) is 24.5. The van der Waals surface area contributed by atoms with Crippen LogP contribution in [0.2, 0.25) is 0 Å². The fourth-order valence-corrected chi connectivity index (χ4v) is 3.85. The molecule has 2 aromatic rings. The highest BCUT2D eigenvalue weighted by Crippen LogP contribution is 2.33. The van der Waals surface area contributed by atoms with Crippen molar-refractivity contribution in [1.82, 2.24) is 15.5 Å². The minimum absolute atomic E-state index is 0.121. The minimum Gasteiger partial charge on any atom is -0.463 e. The Morgan fingerprint density at radius 3 is 2.62 bits per heavy atom. The number of rotatable bonds is 11. The van der Waals surface area contributed by atoms with Gasteiger partial charge in [-0.25, -0.2) is 9.59 Å². The lowest BCUT2D eigenvalue weighted by Gasteiger charge is -2.37. The number of non-ortho nitro benzene ring substituents is 1. The zero-order valence-electron chi connectivity index (χ0n) is 19.5. The number of carbonyl (C=O) groups is 2. The summed E-state index contributed by atoms with van der Waals surface area (Å²) < 4.78 is 5.37. The summed E-state index contributed by atoms with van der Waals surface area (Å²) in [6.45, 7) is 5.22. The molecule has 1 unspecified atom stereocenters. The molecule has 9 heteroatoms. The molecule has 1 aliphatic heterocycles. The number of hydrogen-bond acceptors (Lipinski definition) is 6. The summed E-state index contributed by atoms with van der Waals surface area (Å²) in [7, 11) is 0. The predicted molar refractivity (Wildman–Crippen MR) is 128 cm³/mol. The maximum absolute atomic E-state index is 13.3. The van der Waals surface area contributed by atoms with E-state index >= 15 is 0 Å². The van der Waals surface area contributed by atoms with E-state index in [0.717, 1.165) is 24.9 Å². The van der Waals surface area contributed by atoms with Crippen LogP contribution >= 0.6 is 0 Å². The molecular weight excluding hydrogens is 436 g/mol. The standard InChI is InChI=1S/C25H30N4O5/c1-3-5-14-26-16-21-22(24(30)34-4-2)23(19-12-9-13-20(15-19)29(32)33)27-25(31)28(21)17-18-10-7-6-8-11-18/h6-13,15,23,26H,3-5,14,16-17H2,1-2H3,(H,27,31). The maximum Gasteiger partial charge on any atom is 0.338 e. The van der Waals surface area contributed by atoms with Gasteiger partial charge < -0.3 is 15.4 Å². The molecule has 3 rings (SSSR count). The third-order valence-corrected chi connectivity index (χ3v) is 5.53. The minimum atomic E-state index is -0.874. The van der Waals surface area contributed by atoms with E-state index < -0.39 is 16.9 Å². The molecule has 0 aliphatic carbocycles. The van der Waals surface area contributed by atoms with Crippen molar-refractivity contribution >= 4 is 17.7 Å². The number of carbonyl (C=O) groups excluding carboxylic acids is 2. The summed E-state index contributed by atoms with van der Waals surface area (Å²) >= 11 is 0. The van der Waals surface area contributed by atoms with Gasteiger partial charge in [0.15, 0.2) is 0 Å². The predicted octanol–water partition coefficient (Wildman–Crippen LogP) is 4.07. The van der Waals surface area contributed by atoms with Crippen LogP contribution in [0, 0.1) is 10.1 Å². The Balaban J connectivity index is 2.10. The molecule has 2 N–H and O–H groups in total. The monoisotopic (exact) mass is 466 g/mol. The largest absolute Gasteiger partial charge is 0.463 e. The summed E-state index contributed by atoms with van der Waals surface area (Å²) in [4.78, 5) is 38.8. The van der Waals surface area contributed by atoms with Crippen LogP contribution in [0.15, 0.2) is 65.9 Å². The lowest BCUT2D eigenvalue weighted by atomic mass is 9.93. The summed E-state index contributed by atoms with van der Waals surface area (Å²) in [5.74, 6) is -0.565. The topological polar surface area (TPSA) is 114 Å². The molecule has 34 heavy (non-hydrogen) atoms. The molecule has 0 saturated heterocycles. The van der Waals surface area contributed by atoms with E-state index in [9.17, 15) is 19.7 Å². The second-order valence-electron chi connectivity index (χ2n) is 7.92. The van der Waals surface area contributed by atoms with Gasteiger partial charge in [0.2, 0.25) is 0 Å². The van der Waals surface area contributed by atoms with E-state index in [2.05, 4.69) is 17.6 Å². The third-order valence-electron chi connectivity index (χ3n) is 5.53. The Hall–Kier alpha value is -3.72. The Bertz CT molecular complexity index is 1050. The van der Waals surface area contributed by atoms with Crippen LogP contribution in [0.4, 0.5) is 10.5 Å². The van der Waals surface area contributed by atoms with Crippen molar-refractivity contribution < 1.29 is 19.2 Å². The summed E-state index contributed by atoms with van der Waals surface area (Å²) in [5, 5.41) is 17.5. The van der Waals surface area contributed by atoms with E-state index in [0.29, 0.717) is 11.3 Å². The van der Waals surface area contributed by atoms with Crippen LogP contribution in [-0.2, 0) is 16.1 Å². The van der Waals surface area contributed by atoms with E-state index in [-0.39, 0.29) is 37.0 Å². The number of unbranched alkanes of at least 4 members (excludes halogenated alkanes) is 1. The first-order valence-electron chi connectivity index (χ1n) is 11.4. The first-order chi connectivity index (χ1) is 16.5. The van der Waals surface area contributed by atoms with E-state index in [4.69, 9.17) is 4.74 Å². The number of nitrogens with one attached hydrogen (secondary N) is 2. The van der Waals surface area contributed by atoms with Gasteiger partial charge in [-0.2, -0.15) is 0 Å². The number of ether oxygens (including phenoxy) is 1. The van der Waals surface area contributed by atoms with Gasteiger partial charge in [0.25, 0.3) is 5.69 Å². The maximum atomic E-state index is 13.3. The second kappa shape index (κ2) is 11.9. The van der Waals surface area contributed by atoms with Gasteiger partial charge in [-0.1, -0.05) is 55.8 Å². The summed E-state index contributed by atoms with van der Waals surface area (Å²) in [5.41, 5.74) is 1.99. The fourth-order valence-electron chi connectivity index (χ4n) is 3.85. The number of amides is 2. The molecule has 1 atom stereocenters. The van der Waals surface area contributed by atoms with Crippen molar-refractivity contribution in [3.05, 3.63) is 87.1 Å². The van der Waals surface area contributed by atoms with E-state index in [1.165, 1.54) is 23.1 Å². The quantitative estimate of drug-likeness (QED) is 0.223. The van der Waals surface area contributed by atoms with Crippen molar-refractivity contribution in [2.24, 2.45) is 0 Å². The Morgan fingerprint density at radius 1 is 1.18 bits per heavy atom. The first-order valence-corrected chi connectivity index (χ1v) is 11.4. The average molecular weight is 467 g/mol. The number of hydrogen-bond donors (Lipinski definition) is 2. The van der Waals surface area contributed by atoms with Crippen LogP contribution in [0.5, 0.6) is 0 Å². The number of nitro benzene ring substituents is 1. The molecule has 0 aromatic heterocycles. The van der Waals surface area contributed by atoms with Gasteiger partial charge in [-0.15, -0.1) is 0 Å². The van der Waals surface area contributed by atoms with Gasteiger partial charge in [0.1, 0.15) is 0 Å². The van der Waals surface area contributed by atoms with Gasteiger partial charge in [0, 0.05) is 24.4 Å². The van der Waals surface area contributed by atoms with E-state index in [1.807, 2.05) is 30.3 Å². The number of urea groups is 1. The van der Waals surface area contributed by atoms with Crippen molar-refractivity contribution in [2.45, 2.75) is 39.3 Å². The van der Waals surface area contributed by atoms with Crippen LogP contribution in [0.3, 0.4) is 0 Å². The van der Waals surface area contributed by atoms with Gasteiger partial charge in [0.05, 0.1) is 29.7 Å². The fraction of sp³-hybridized carbons (Fsp3) is 0.360. The first kappa shape index (κ1) is 24.9. The molecule has 0 spiro atoms. The van der Waals surface area contributed by atoms with Gasteiger partial charge >= 0.3 is 12.0 Å². The number of benzene rings is 2. The van der Waals surface area contributed by atoms with Gasteiger partial charge in [-0.3, -0.25) is 15.0 Å². The van der Waals surface area contributed by atoms with Crippen molar-refractivity contribution in [2.75, 3.05) is 19.7 Å². The van der Waals surface area contributed by atoms with Crippen molar-refractivity contribution in [3.63, 3.8) is 0 Å². The molecule has 0 saturated carbocycles. The molecule has 9 nitrogen and oxygen atoms in total. The average Bonchev–Trinajstić information content (AvgIpc) is 2.84. The lowest BCUT2D eigenvalue weighted by Crippen LogP contribution is -2.50. The molecule has 2 aromatic carbocycles. The van der Waals surface area contributed by atoms with Gasteiger partial charge in [-0.05, 0) is 31.0 Å². The second-order valence-corrected chi connectivity index (χ2v) is 7.92. The number of esters is 1. The van der Waals surface area contributed by atoms with E-state index in [1.54, 1.807) is 13.0 Å². The highest BCUT2D eigenvalue weighted by molar-refractivity contribution is 5.95. The highest BCUT2D eigenvalue weighted by Gasteiger charge is 2.38. The smallest absolute Gasteiger partial charge is 0.338 e. The van der Waals surface area contributed by atoms with Crippen molar-refractivity contribution in [3.8, 4) is 0 Å². The van der Waals surface area contributed by atoms with Crippen LogP contribution in [-0.4, -0.2) is 41.5 Å². The SMILES string of the molecule is CCCCNCC1=C(C(=O)OCC)C(c2cccc([N+](=O)[O-])c2)NC(=O)N1Cc1ccccc1. The molecule has 1 heterocycles. The molecule has 180 valence electrons. The summed E-state index contributed by atoms with van der Waals surface area (Å²) in [6, 6.07) is 14.2. The molecule has 0 radical (unpaired) electrons. The molecular formula is C25H30N4O5. The normalized spacial score (nSPS) is 15.8. The molecule has 2 amide bonds. The molecule has 0 fully saturated rings. The summed E-state index contributed by atoms with van der Waals surface area (Å²) in [6.07, 6.45) is 1.95. The number of nitro groups is 1. The number of nitrogens with zero attached hydrogens (tertiary/aromatic N) is 2. The Morgan fingerprint density at radius 2 is 1.94 bits per heavy atom. The van der Waals surface area contributed by atoms with Crippen molar-refractivity contribution in [1.29, 1.82) is 0 Å². The third kappa shape index (κ3) is 5.99. The highest BCUT2D eigenvalue weighted by atomic mass is 16.6. The molecule has 1 aliphatic rings. The Kier molecular flexibility index (Phi) is 8.75. The van der Waals surface area contributed by atoms with Crippen LogP contribution < -0.4 is 10.6 Å². The zero-order valence-corrected chi connectivity index (χ0v) is 19.5. The van der Waals surface area contributed by atoms with Crippen LogP contribution in [0.1, 0.15) is 43.9 Å².